The van der Waals surface area contributed by atoms with Crippen LogP contribution >= 0.6 is 0 Å². The van der Waals surface area contributed by atoms with Gasteiger partial charge in [-0.15, -0.1) is 0 Å². The summed E-state index contributed by atoms with van der Waals surface area (Å²) in [5.74, 6) is -0.465. The van der Waals surface area contributed by atoms with E-state index in [1.165, 1.54) is 25.0 Å². The van der Waals surface area contributed by atoms with E-state index in [-0.39, 0.29) is 17.8 Å². The van der Waals surface area contributed by atoms with Crippen LogP contribution in [0.1, 0.15) is 36.2 Å². The third-order valence-corrected chi connectivity index (χ3v) is 3.80. The van der Waals surface area contributed by atoms with Crippen LogP contribution in [-0.4, -0.2) is 16.9 Å². The van der Waals surface area contributed by atoms with Crippen LogP contribution in [0, 0.1) is 5.82 Å². The molecule has 3 rings (SSSR count). The molecule has 1 heterocycles. The Kier molecular flexibility index (Phi) is 4.32. The number of nitrogens with zero attached hydrogens (tertiary/aromatic N) is 1. The number of amides is 1. The number of pyridine rings is 1. The zero-order chi connectivity index (χ0) is 15.4. The molecule has 114 valence electrons. The number of carbonyl (C=O) groups is 1. The van der Waals surface area contributed by atoms with E-state index in [9.17, 15) is 9.18 Å². The highest BCUT2D eigenvalue weighted by Crippen LogP contribution is 2.20. The third-order valence-electron chi connectivity index (χ3n) is 3.80. The van der Waals surface area contributed by atoms with Gasteiger partial charge in [-0.25, -0.2) is 4.39 Å². The van der Waals surface area contributed by atoms with Crippen LogP contribution in [-0.2, 0) is 0 Å². The molecule has 0 spiro atoms. The first-order valence-electron chi connectivity index (χ1n) is 7.50. The van der Waals surface area contributed by atoms with Crippen molar-refractivity contribution in [1.82, 2.24) is 10.3 Å². The molecule has 0 radical (unpaired) electrons. The fourth-order valence-electron chi connectivity index (χ4n) is 2.69. The number of halogens is 1. The van der Waals surface area contributed by atoms with Gasteiger partial charge in [0.1, 0.15) is 11.5 Å². The summed E-state index contributed by atoms with van der Waals surface area (Å²) in [7, 11) is 0. The second-order valence-electron chi connectivity index (χ2n) is 5.52. The predicted molar refractivity (Wildman–Crippen MR) is 83.6 cm³/mol. The average molecular weight is 299 g/mol. The van der Waals surface area contributed by atoms with Crippen LogP contribution in [0.3, 0.4) is 0 Å². The minimum absolute atomic E-state index is 0.158. The van der Waals surface area contributed by atoms with E-state index in [1.807, 2.05) is 0 Å². The molecule has 1 fully saturated rings. The highest BCUT2D eigenvalue weighted by atomic mass is 19.1. The molecule has 0 atom stereocenters. The van der Waals surface area contributed by atoms with E-state index in [2.05, 4.69) is 15.6 Å². The van der Waals surface area contributed by atoms with Gasteiger partial charge in [0.2, 0.25) is 0 Å². The number of hydrogen-bond acceptors (Lipinski definition) is 3. The summed E-state index contributed by atoms with van der Waals surface area (Å²) < 4.78 is 13.2. The maximum Gasteiger partial charge on any atom is 0.270 e. The average Bonchev–Trinajstić information content (AvgIpc) is 3.00. The highest BCUT2D eigenvalue weighted by molar-refractivity contribution is 5.93. The molecule has 4 nitrogen and oxygen atoms in total. The first-order valence-corrected chi connectivity index (χ1v) is 7.50. The minimum Gasteiger partial charge on any atom is -0.355 e. The monoisotopic (exact) mass is 299 g/mol. The van der Waals surface area contributed by atoms with Gasteiger partial charge in [-0.3, -0.25) is 9.78 Å². The van der Waals surface area contributed by atoms with Gasteiger partial charge in [-0.2, -0.15) is 0 Å². The number of hydrogen-bond donors (Lipinski definition) is 2. The molecule has 0 bridgehead atoms. The van der Waals surface area contributed by atoms with Crippen LogP contribution in [0.25, 0.3) is 0 Å². The maximum absolute atomic E-state index is 13.2. The van der Waals surface area contributed by atoms with E-state index >= 15 is 0 Å². The Balaban J connectivity index is 1.70. The molecular weight excluding hydrogens is 281 g/mol. The summed E-state index contributed by atoms with van der Waals surface area (Å²) in [4.78, 5) is 16.3. The molecule has 1 saturated carbocycles. The lowest BCUT2D eigenvalue weighted by molar-refractivity contribution is 0.0933. The van der Waals surface area contributed by atoms with Gasteiger partial charge in [-0.1, -0.05) is 18.9 Å². The Morgan fingerprint density at radius 2 is 1.91 bits per heavy atom. The lowest BCUT2D eigenvalue weighted by Crippen LogP contribution is -2.33. The largest absolute Gasteiger partial charge is 0.355 e. The number of anilines is 2. The summed E-state index contributed by atoms with van der Waals surface area (Å²) >= 11 is 0. The van der Waals surface area contributed by atoms with Gasteiger partial charge in [0.15, 0.2) is 0 Å². The fraction of sp³-hybridized carbons (Fsp3) is 0.294. The Morgan fingerprint density at radius 3 is 2.68 bits per heavy atom. The van der Waals surface area contributed by atoms with Gasteiger partial charge in [-0.05, 0) is 43.2 Å². The molecule has 1 aliphatic carbocycles. The number of carbonyl (C=O) groups excluding carboxylic acids is 1. The van der Waals surface area contributed by atoms with Crippen molar-refractivity contribution in [3.63, 3.8) is 0 Å². The summed E-state index contributed by atoms with van der Waals surface area (Å²) in [5, 5.41) is 6.08. The van der Waals surface area contributed by atoms with Crippen molar-refractivity contribution in [3.8, 4) is 0 Å². The maximum atomic E-state index is 13.2. The third kappa shape index (κ3) is 3.61. The molecule has 1 aromatic heterocycles. The van der Waals surface area contributed by atoms with Crippen molar-refractivity contribution < 1.29 is 9.18 Å². The molecule has 1 aliphatic rings. The highest BCUT2D eigenvalue weighted by Gasteiger charge is 2.18. The predicted octanol–water partition coefficient (Wildman–Crippen LogP) is 3.64. The van der Waals surface area contributed by atoms with Crippen molar-refractivity contribution in [2.45, 2.75) is 31.7 Å². The Hall–Kier alpha value is -2.43. The van der Waals surface area contributed by atoms with E-state index < -0.39 is 0 Å². The van der Waals surface area contributed by atoms with Crippen LogP contribution < -0.4 is 10.6 Å². The van der Waals surface area contributed by atoms with Gasteiger partial charge in [0.05, 0.1) is 0 Å². The summed E-state index contributed by atoms with van der Waals surface area (Å²) in [6.07, 6.45) is 5.98. The van der Waals surface area contributed by atoms with Crippen LogP contribution in [0.5, 0.6) is 0 Å². The van der Waals surface area contributed by atoms with Gasteiger partial charge in [0.25, 0.3) is 5.91 Å². The van der Waals surface area contributed by atoms with Crippen molar-refractivity contribution in [3.05, 3.63) is 54.1 Å². The Morgan fingerprint density at radius 1 is 1.14 bits per heavy atom. The van der Waals surface area contributed by atoms with Crippen molar-refractivity contribution in [2.75, 3.05) is 5.32 Å². The number of rotatable bonds is 4. The smallest absolute Gasteiger partial charge is 0.270 e. The minimum atomic E-state index is -0.307. The molecule has 0 saturated heterocycles. The van der Waals surface area contributed by atoms with Crippen molar-refractivity contribution >= 4 is 17.3 Å². The van der Waals surface area contributed by atoms with Crippen molar-refractivity contribution in [2.24, 2.45) is 0 Å². The van der Waals surface area contributed by atoms with E-state index in [4.69, 9.17) is 0 Å². The lowest BCUT2D eigenvalue weighted by atomic mass is 10.2. The summed E-state index contributed by atoms with van der Waals surface area (Å²) in [6, 6.07) is 9.87. The fourth-order valence-corrected chi connectivity index (χ4v) is 2.69. The molecule has 0 unspecified atom stereocenters. The van der Waals surface area contributed by atoms with Crippen LogP contribution in [0.4, 0.5) is 15.8 Å². The molecule has 5 heteroatoms. The van der Waals surface area contributed by atoms with Gasteiger partial charge >= 0.3 is 0 Å². The second-order valence-corrected chi connectivity index (χ2v) is 5.52. The normalized spacial score (nSPS) is 14.8. The SMILES string of the molecule is O=C(NC1CCCC1)c1cc(Nc2cccc(F)c2)ccn1. The zero-order valence-corrected chi connectivity index (χ0v) is 12.2. The summed E-state index contributed by atoms with van der Waals surface area (Å²) in [5.41, 5.74) is 1.71. The number of nitrogens with one attached hydrogen (secondary N) is 2. The summed E-state index contributed by atoms with van der Waals surface area (Å²) in [6.45, 7) is 0. The first kappa shape index (κ1) is 14.5. The molecule has 0 aliphatic heterocycles. The first-order chi connectivity index (χ1) is 10.7. The van der Waals surface area contributed by atoms with Crippen LogP contribution in [0.15, 0.2) is 42.6 Å². The second kappa shape index (κ2) is 6.56. The van der Waals surface area contributed by atoms with E-state index in [1.54, 1.807) is 30.5 Å². The molecule has 1 aromatic carbocycles. The molecule has 2 N–H and O–H groups in total. The molecular formula is C17H18FN3O. The molecule has 2 aromatic rings. The van der Waals surface area contributed by atoms with Crippen molar-refractivity contribution in [1.29, 1.82) is 0 Å². The Bertz CT molecular complexity index is 668. The number of benzene rings is 1. The van der Waals surface area contributed by atoms with E-state index in [0.717, 1.165) is 12.8 Å². The number of aromatic nitrogens is 1. The Labute approximate surface area is 128 Å². The van der Waals surface area contributed by atoms with Gasteiger partial charge in [0, 0.05) is 23.6 Å². The molecule has 22 heavy (non-hydrogen) atoms. The standard InChI is InChI=1S/C17H18FN3O/c18-12-4-3-7-14(10-12)20-15-8-9-19-16(11-15)17(22)21-13-5-1-2-6-13/h3-4,7-11,13H,1-2,5-6H2,(H,19,20)(H,21,22). The lowest BCUT2D eigenvalue weighted by Gasteiger charge is -2.12. The van der Waals surface area contributed by atoms with Gasteiger partial charge < -0.3 is 10.6 Å². The quantitative estimate of drug-likeness (QED) is 0.906. The topological polar surface area (TPSA) is 54.0 Å². The zero-order valence-electron chi connectivity index (χ0n) is 12.2. The molecule has 1 amide bonds. The van der Waals surface area contributed by atoms with Crippen LogP contribution in [0.2, 0.25) is 0 Å². The van der Waals surface area contributed by atoms with E-state index in [0.29, 0.717) is 17.1 Å².